The fourth-order valence-electron chi connectivity index (χ4n) is 2.07. The Balaban J connectivity index is 1.90. The summed E-state index contributed by atoms with van der Waals surface area (Å²) in [6.07, 6.45) is 5.15. The molecule has 1 aliphatic carbocycles. The number of carbonyl (C=O) groups excluding carboxylic acids is 1. The van der Waals surface area contributed by atoms with E-state index in [1.807, 2.05) is 4.90 Å². The number of halogens is 1. The van der Waals surface area contributed by atoms with E-state index >= 15 is 0 Å². The van der Waals surface area contributed by atoms with E-state index in [2.05, 4.69) is 0 Å². The van der Waals surface area contributed by atoms with E-state index in [0.29, 0.717) is 18.5 Å². The van der Waals surface area contributed by atoms with Crippen LogP contribution in [0.25, 0.3) is 0 Å². The number of hydrogen-bond acceptors (Lipinski definition) is 2. The smallest absolute Gasteiger partial charge is 0.251 e. The molecular weight excluding hydrogens is 214 g/mol. The van der Waals surface area contributed by atoms with Crippen LogP contribution in [0.3, 0.4) is 0 Å². The van der Waals surface area contributed by atoms with Crippen molar-refractivity contribution in [2.45, 2.75) is 44.2 Å². The Kier molecular flexibility index (Phi) is 3.87. The van der Waals surface area contributed by atoms with Gasteiger partial charge in [-0.3, -0.25) is 4.79 Å². The van der Waals surface area contributed by atoms with Gasteiger partial charge in [0, 0.05) is 25.1 Å². The van der Waals surface area contributed by atoms with Crippen LogP contribution in [-0.4, -0.2) is 42.0 Å². The van der Waals surface area contributed by atoms with E-state index in [1.54, 1.807) is 0 Å². The maximum atomic E-state index is 12.1. The lowest BCUT2D eigenvalue weighted by atomic mass is 10.1. The number of hydrogen-bond donors (Lipinski definition) is 0. The van der Waals surface area contributed by atoms with E-state index in [9.17, 15) is 4.79 Å². The molecule has 86 valence electrons. The van der Waals surface area contributed by atoms with Gasteiger partial charge >= 0.3 is 0 Å². The van der Waals surface area contributed by atoms with Crippen LogP contribution in [-0.2, 0) is 9.53 Å². The SMILES string of the molecule is O=C(C1CCCCO1)N(CCCl)C1CC1. The van der Waals surface area contributed by atoms with Crippen LogP contribution in [0.5, 0.6) is 0 Å². The lowest BCUT2D eigenvalue weighted by Gasteiger charge is -2.29. The van der Waals surface area contributed by atoms with Crippen molar-refractivity contribution >= 4 is 17.5 Å². The first-order valence-electron chi connectivity index (χ1n) is 5.81. The average molecular weight is 232 g/mol. The third-order valence-electron chi connectivity index (χ3n) is 3.05. The molecule has 0 radical (unpaired) electrons. The minimum atomic E-state index is -0.192. The highest BCUT2D eigenvalue weighted by Gasteiger charge is 2.36. The molecule has 0 bridgehead atoms. The first kappa shape index (κ1) is 11.2. The largest absolute Gasteiger partial charge is 0.368 e. The molecular formula is C11H18ClNO2. The van der Waals surface area contributed by atoms with Crippen molar-refractivity contribution in [3.8, 4) is 0 Å². The van der Waals surface area contributed by atoms with Crippen molar-refractivity contribution in [1.29, 1.82) is 0 Å². The zero-order valence-electron chi connectivity index (χ0n) is 8.95. The Labute approximate surface area is 95.7 Å². The highest BCUT2D eigenvalue weighted by Crippen LogP contribution is 2.28. The maximum Gasteiger partial charge on any atom is 0.251 e. The molecule has 0 N–H and O–H groups in total. The van der Waals surface area contributed by atoms with Gasteiger partial charge in [0.05, 0.1) is 0 Å². The quantitative estimate of drug-likeness (QED) is 0.691. The maximum absolute atomic E-state index is 12.1. The monoisotopic (exact) mass is 231 g/mol. The predicted molar refractivity (Wildman–Crippen MR) is 59.0 cm³/mol. The van der Waals surface area contributed by atoms with Gasteiger partial charge in [0.25, 0.3) is 5.91 Å². The lowest BCUT2D eigenvalue weighted by Crippen LogP contribution is -2.44. The second-order valence-corrected chi connectivity index (χ2v) is 4.68. The molecule has 1 atom stereocenters. The van der Waals surface area contributed by atoms with Crippen LogP contribution < -0.4 is 0 Å². The molecule has 0 aromatic rings. The number of amides is 1. The summed E-state index contributed by atoms with van der Waals surface area (Å²) in [6.45, 7) is 1.40. The molecule has 0 spiro atoms. The number of nitrogens with zero attached hydrogens (tertiary/aromatic N) is 1. The van der Waals surface area contributed by atoms with Gasteiger partial charge in [-0.05, 0) is 32.1 Å². The summed E-state index contributed by atoms with van der Waals surface area (Å²) in [5, 5.41) is 0. The highest BCUT2D eigenvalue weighted by atomic mass is 35.5. The van der Waals surface area contributed by atoms with E-state index in [0.717, 1.165) is 38.7 Å². The summed E-state index contributed by atoms with van der Waals surface area (Å²) < 4.78 is 5.51. The molecule has 1 amide bonds. The topological polar surface area (TPSA) is 29.5 Å². The fourth-order valence-corrected chi connectivity index (χ4v) is 2.25. The number of rotatable bonds is 4. The van der Waals surface area contributed by atoms with Crippen molar-refractivity contribution in [3.63, 3.8) is 0 Å². The highest BCUT2D eigenvalue weighted by molar-refractivity contribution is 6.18. The lowest BCUT2D eigenvalue weighted by molar-refractivity contribution is -0.146. The van der Waals surface area contributed by atoms with Crippen LogP contribution in [0.4, 0.5) is 0 Å². The Morgan fingerprint density at radius 3 is 2.67 bits per heavy atom. The number of alkyl halides is 1. The zero-order valence-corrected chi connectivity index (χ0v) is 9.71. The summed E-state index contributed by atoms with van der Waals surface area (Å²) in [6, 6.07) is 0.446. The van der Waals surface area contributed by atoms with Crippen molar-refractivity contribution in [3.05, 3.63) is 0 Å². The molecule has 1 unspecified atom stereocenters. The van der Waals surface area contributed by atoms with Crippen LogP contribution in [0.2, 0.25) is 0 Å². The van der Waals surface area contributed by atoms with Gasteiger partial charge in [0.15, 0.2) is 0 Å². The van der Waals surface area contributed by atoms with Crippen molar-refractivity contribution in [1.82, 2.24) is 4.90 Å². The summed E-state index contributed by atoms with van der Waals surface area (Å²) in [7, 11) is 0. The van der Waals surface area contributed by atoms with E-state index in [1.165, 1.54) is 0 Å². The molecule has 0 aromatic carbocycles. The van der Waals surface area contributed by atoms with Crippen molar-refractivity contribution in [2.24, 2.45) is 0 Å². The summed E-state index contributed by atoms with van der Waals surface area (Å²) in [4.78, 5) is 14.0. The minimum Gasteiger partial charge on any atom is -0.368 e. The van der Waals surface area contributed by atoms with E-state index in [-0.39, 0.29) is 12.0 Å². The first-order valence-corrected chi connectivity index (χ1v) is 6.34. The summed E-state index contributed by atoms with van der Waals surface area (Å²) >= 11 is 5.72. The number of ether oxygens (including phenoxy) is 1. The molecule has 0 aromatic heterocycles. The van der Waals surface area contributed by atoms with Gasteiger partial charge in [-0.15, -0.1) is 11.6 Å². The van der Waals surface area contributed by atoms with Crippen LogP contribution in [0, 0.1) is 0 Å². The Bertz CT molecular complexity index is 225. The Morgan fingerprint density at radius 2 is 2.13 bits per heavy atom. The van der Waals surface area contributed by atoms with Gasteiger partial charge in [0.1, 0.15) is 6.10 Å². The van der Waals surface area contributed by atoms with Crippen molar-refractivity contribution < 1.29 is 9.53 Å². The normalized spacial score (nSPS) is 26.3. The zero-order chi connectivity index (χ0) is 10.7. The molecule has 3 nitrogen and oxygen atoms in total. The molecule has 4 heteroatoms. The molecule has 2 aliphatic rings. The number of carbonyl (C=O) groups is 1. The fraction of sp³-hybridized carbons (Fsp3) is 0.909. The minimum absolute atomic E-state index is 0.165. The molecule has 2 rings (SSSR count). The predicted octanol–water partition coefficient (Wildman–Crippen LogP) is 1.79. The second kappa shape index (κ2) is 5.17. The molecule has 1 saturated carbocycles. The summed E-state index contributed by atoms with van der Waals surface area (Å²) in [5.41, 5.74) is 0. The van der Waals surface area contributed by atoms with Gasteiger partial charge in [-0.25, -0.2) is 0 Å². The Morgan fingerprint density at radius 1 is 1.33 bits per heavy atom. The van der Waals surface area contributed by atoms with Crippen LogP contribution >= 0.6 is 11.6 Å². The average Bonchev–Trinajstić information content (AvgIpc) is 3.10. The van der Waals surface area contributed by atoms with E-state index in [4.69, 9.17) is 16.3 Å². The molecule has 2 fully saturated rings. The summed E-state index contributed by atoms with van der Waals surface area (Å²) in [5.74, 6) is 0.687. The molecule has 15 heavy (non-hydrogen) atoms. The van der Waals surface area contributed by atoms with Crippen molar-refractivity contribution in [2.75, 3.05) is 19.0 Å². The van der Waals surface area contributed by atoms with Gasteiger partial charge in [-0.2, -0.15) is 0 Å². The first-order chi connectivity index (χ1) is 7.33. The Hall–Kier alpha value is -0.280. The van der Waals surface area contributed by atoms with Crippen LogP contribution in [0.1, 0.15) is 32.1 Å². The van der Waals surface area contributed by atoms with E-state index < -0.39 is 0 Å². The van der Waals surface area contributed by atoms with Gasteiger partial charge in [-0.1, -0.05) is 0 Å². The molecule has 1 aliphatic heterocycles. The third kappa shape index (κ3) is 2.85. The van der Waals surface area contributed by atoms with Crippen LogP contribution in [0.15, 0.2) is 0 Å². The third-order valence-corrected chi connectivity index (χ3v) is 3.22. The second-order valence-electron chi connectivity index (χ2n) is 4.31. The van der Waals surface area contributed by atoms with Gasteiger partial charge in [0.2, 0.25) is 0 Å². The standard InChI is InChI=1S/C11H18ClNO2/c12-6-7-13(9-4-5-9)11(14)10-3-1-2-8-15-10/h9-10H,1-8H2. The molecule has 1 saturated heterocycles. The van der Waals surface area contributed by atoms with Gasteiger partial charge < -0.3 is 9.64 Å². The molecule has 1 heterocycles.